The number of hydrogen-bond acceptors (Lipinski definition) is 4. The Hall–Kier alpha value is -4.81. The van der Waals surface area contributed by atoms with E-state index in [-0.39, 0.29) is 11.5 Å². The van der Waals surface area contributed by atoms with Crippen molar-refractivity contribution >= 4 is 28.6 Å². The molecule has 2 heterocycles. The SMILES string of the molecule is Cc1c(/C=C(/C#N)C(=O)N2CCN(c3ccccc3)CC2)c2ccccc2n1Cc1ccccc1C#N. The second-order valence-corrected chi connectivity index (χ2v) is 9.16. The van der Waals surface area contributed by atoms with E-state index in [0.29, 0.717) is 25.2 Å². The molecule has 0 unspecified atom stereocenters. The normalized spacial score (nSPS) is 13.9. The topological polar surface area (TPSA) is 76.1 Å². The molecule has 0 bridgehead atoms. The van der Waals surface area contributed by atoms with Gasteiger partial charge in [0.05, 0.1) is 11.6 Å². The first kappa shape index (κ1) is 23.9. The van der Waals surface area contributed by atoms with E-state index in [9.17, 15) is 15.3 Å². The van der Waals surface area contributed by atoms with Crippen molar-refractivity contribution < 1.29 is 4.79 Å². The van der Waals surface area contributed by atoms with Crippen LogP contribution in [-0.4, -0.2) is 41.6 Å². The van der Waals surface area contributed by atoms with Gasteiger partial charge in [0.15, 0.2) is 0 Å². The third-order valence-corrected chi connectivity index (χ3v) is 7.07. The van der Waals surface area contributed by atoms with Gasteiger partial charge in [-0.25, -0.2) is 0 Å². The van der Waals surface area contributed by atoms with E-state index < -0.39 is 0 Å². The van der Waals surface area contributed by atoms with Gasteiger partial charge in [0, 0.05) is 60.6 Å². The number of nitriles is 2. The van der Waals surface area contributed by atoms with E-state index in [1.165, 1.54) is 0 Å². The van der Waals surface area contributed by atoms with Gasteiger partial charge in [0.25, 0.3) is 5.91 Å². The Balaban J connectivity index is 1.44. The maximum absolute atomic E-state index is 13.4. The fourth-order valence-corrected chi connectivity index (χ4v) is 5.04. The first-order valence-electron chi connectivity index (χ1n) is 12.4. The van der Waals surface area contributed by atoms with Crippen LogP contribution in [0.5, 0.6) is 0 Å². The minimum absolute atomic E-state index is 0.136. The van der Waals surface area contributed by atoms with Crippen molar-refractivity contribution in [2.24, 2.45) is 0 Å². The highest BCUT2D eigenvalue weighted by atomic mass is 16.2. The lowest BCUT2D eigenvalue weighted by molar-refractivity contribution is -0.126. The minimum atomic E-state index is -0.235. The number of piperazine rings is 1. The molecule has 0 N–H and O–H groups in total. The van der Waals surface area contributed by atoms with Crippen molar-refractivity contribution in [3.63, 3.8) is 0 Å². The second kappa shape index (κ2) is 10.4. The van der Waals surface area contributed by atoms with E-state index in [0.717, 1.165) is 46.5 Å². The van der Waals surface area contributed by atoms with Crippen LogP contribution in [0.25, 0.3) is 17.0 Å². The highest BCUT2D eigenvalue weighted by Crippen LogP contribution is 2.29. The molecule has 3 aromatic carbocycles. The summed E-state index contributed by atoms with van der Waals surface area (Å²) < 4.78 is 2.15. The van der Waals surface area contributed by atoms with Crippen LogP contribution in [-0.2, 0) is 11.3 Å². The third-order valence-electron chi connectivity index (χ3n) is 7.07. The van der Waals surface area contributed by atoms with Crippen LogP contribution in [0.3, 0.4) is 0 Å². The lowest BCUT2D eigenvalue weighted by atomic mass is 10.1. The second-order valence-electron chi connectivity index (χ2n) is 9.16. The highest BCUT2D eigenvalue weighted by molar-refractivity contribution is 6.04. The van der Waals surface area contributed by atoms with Gasteiger partial charge in [0.1, 0.15) is 11.6 Å². The molecular weight excluding hydrogens is 458 g/mol. The van der Waals surface area contributed by atoms with Crippen molar-refractivity contribution in [1.82, 2.24) is 9.47 Å². The quantitative estimate of drug-likeness (QED) is 0.290. The number of aromatic nitrogens is 1. The Morgan fingerprint density at radius 1 is 0.892 bits per heavy atom. The summed E-state index contributed by atoms with van der Waals surface area (Å²) in [6, 6.07) is 30.2. The van der Waals surface area contributed by atoms with Crippen LogP contribution in [0.1, 0.15) is 22.4 Å². The summed E-state index contributed by atoms with van der Waals surface area (Å²) in [7, 11) is 0. The molecule has 1 fully saturated rings. The largest absolute Gasteiger partial charge is 0.368 e. The van der Waals surface area contributed by atoms with Gasteiger partial charge in [-0.3, -0.25) is 4.79 Å². The standard InChI is InChI=1S/C31H27N5O/c1-23-29(28-13-7-8-14-30(28)36(23)22-25-10-6-5-9-24(25)20-32)19-26(21-33)31(37)35-17-15-34(16-18-35)27-11-3-2-4-12-27/h2-14,19H,15-18,22H2,1H3/b26-19-. The number of benzene rings is 3. The number of rotatable bonds is 5. The van der Waals surface area contributed by atoms with Gasteiger partial charge in [-0.1, -0.05) is 54.6 Å². The Morgan fingerprint density at radius 3 is 2.30 bits per heavy atom. The number of anilines is 1. The summed E-state index contributed by atoms with van der Waals surface area (Å²) in [5.74, 6) is -0.235. The molecule has 37 heavy (non-hydrogen) atoms. The molecule has 6 nitrogen and oxygen atoms in total. The zero-order valence-corrected chi connectivity index (χ0v) is 20.8. The molecule has 1 amide bonds. The summed E-state index contributed by atoms with van der Waals surface area (Å²) in [6.07, 6.45) is 1.73. The molecule has 4 aromatic rings. The Bertz CT molecular complexity index is 1560. The summed E-state index contributed by atoms with van der Waals surface area (Å²) >= 11 is 0. The van der Waals surface area contributed by atoms with Gasteiger partial charge in [-0.2, -0.15) is 10.5 Å². The number of carbonyl (C=O) groups excluding carboxylic acids is 1. The third kappa shape index (κ3) is 4.70. The molecule has 182 valence electrons. The molecule has 5 rings (SSSR count). The molecule has 0 spiro atoms. The van der Waals surface area contributed by atoms with Crippen LogP contribution in [0.2, 0.25) is 0 Å². The molecule has 0 radical (unpaired) electrons. The van der Waals surface area contributed by atoms with Crippen LogP contribution in [0.15, 0.2) is 84.4 Å². The first-order valence-corrected chi connectivity index (χ1v) is 12.4. The molecule has 1 saturated heterocycles. The fraction of sp³-hybridized carbons (Fsp3) is 0.194. The van der Waals surface area contributed by atoms with Gasteiger partial charge in [-0.15, -0.1) is 0 Å². The van der Waals surface area contributed by atoms with Crippen molar-refractivity contribution in [2.75, 3.05) is 31.1 Å². The van der Waals surface area contributed by atoms with Crippen LogP contribution < -0.4 is 4.90 Å². The smallest absolute Gasteiger partial charge is 0.264 e. The molecule has 6 heteroatoms. The van der Waals surface area contributed by atoms with E-state index in [1.807, 2.05) is 73.7 Å². The average molecular weight is 486 g/mol. The molecule has 0 atom stereocenters. The zero-order chi connectivity index (χ0) is 25.8. The van der Waals surface area contributed by atoms with E-state index in [1.54, 1.807) is 11.0 Å². The maximum atomic E-state index is 13.4. The van der Waals surface area contributed by atoms with Gasteiger partial charge >= 0.3 is 0 Å². The first-order chi connectivity index (χ1) is 18.1. The molecule has 1 aliphatic heterocycles. The predicted molar refractivity (Wildman–Crippen MR) is 146 cm³/mol. The lowest BCUT2D eigenvalue weighted by Crippen LogP contribution is -2.49. The zero-order valence-electron chi connectivity index (χ0n) is 20.8. The maximum Gasteiger partial charge on any atom is 0.264 e. The fourth-order valence-electron chi connectivity index (χ4n) is 5.04. The van der Waals surface area contributed by atoms with Crippen molar-refractivity contribution in [3.05, 3.63) is 107 Å². The van der Waals surface area contributed by atoms with Crippen LogP contribution in [0.4, 0.5) is 5.69 Å². The predicted octanol–water partition coefficient (Wildman–Crippen LogP) is 5.13. The molecule has 0 aliphatic carbocycles. The van der Waals surface area contributed by atoms with E-state index in [2.05, 4.69) is 33.7 Å². The van der Waals surface area contributed by atoms with Crippen LogP contribution in [0, 0.1) is 29.6 Å². The van der Waals surface area contributed by atoms with E-state index in [4.69, 9.17) is 0 Å². The number of hydrogen-bond donors (Lipinski definition) is 0. The molecule has 1 aliphatic rings. The minimum Gasteiger partial charge on any atom is -0.368 e. The van der Waals surface area contributed by atoms with Crippen molar-refractivity contribution in [2.45, 2.75) is 13.5 Å². The number of nitrogens with zero attached hydrogens (tertiary/aromatic N) is 5. The Kier molecular flexibility index (Phi) is 6.74. The van der Waals surface area contributed by atoms with Crippen molar-refractivity contribution in [3.8, 4) is 12.1 Å². The number of fused-ring (bicyclic) bond motifs is 1. The Morgan fingerprint density at radius 2 is 1.57 bits per heavy atom. The monoisotopic (exact) mass is 485 g/mol. The van der Waals surface area contributed by atoms with Crippen molar-refractivity contribution in [1.29, 1.82) is 10.5 Å². The Labute approximate surface area is 216 Å². The highest BCUT2D eigenvalue weighted by Gasteiger charge is 2.25. The lowest BCUT2D eigenvalue weighted by Gasteiger charge is -2.36. The van der Waals surface area contributed by atoms with Gasteiger partial charge in [-0.05, 0) is 42.8 Å². The van der Waals surface area contributed by atoms with Gasteiger partial charge in [0.2, 0.25) is 0 Å². The number of carbonyl (C=O) groups is 1. The number of para-hydroxylation sites is 2. The average Bonchev–Trinajstić information content (AvgIpc) is 3.22. The van der Waals surface area contributed by atoms with Crippen LogP contribution >= 0.6 is 0 Å². The summed E-state index contributed by atoms with van der Waals surface area (Å²) in [5.41, 5.74) is 5.65. The molecular formula is C31H27N5O. The van der Waals surface area contributed by atoms with Gasteiger partial charge < -0.3 is 14.4 Å². The molecule has 0 saturated carbocycles. The molecule has 1 aromatic heterocycles. The summed E-state index contributed by atoms with van der Waals surface area (Å²) in [5, 5.41) is 20.5. The summed E-state index contributed by atoms with van der Waals surface area (Å²) in [4.78, 5) is 17.4. The number of amides is 1. The van der Waals surface area contributed by atoms with E-state index >= 15 is 0 Å². The summed E-state index contributed by atoms with van der Waals surface area (Å²) in [6.45, 7) is 5.12.